The van der Waals surface area contributed by atoms with E-state index in [9.17, 15) is 14.4 Å². The van der Waals surface area contributed by atoms with Crippen LogP contribution in [0, 0.1) is 0 Å². The van der Waals surface area contributed by atoms with Crippen molar-refractivity contribution < 1.29 is 18.9 Å². The van der Waals surface area contributed by atoms with Gasteiger partial charge in [0, 0.05) is 0 Å². The zero-order chi connectivity index (χ0) is 26.6. The van der Waals surface area contributed by atoms with Crippen molar-refractivity contribution in [2.24, 2.45) is 0 Å². The van der Waals surface area contributed by atoms with Crippen LogP contribution in [0.15, 0.2) is 30.3 Å². The fourth-order valence-corrected chi connectivity index (χ4v) is 12.9. The minimum absolute atomic E-state index is 0.260. The Balaban J connectivity index is 2.16. The van der Waals surface area contributed by atoms with Crippen molar-refractivity contribution in [3.8, 4) is 0 Å². The predicted octanol–water partition coefficient (Wildman–Crippen LogP) is 10.1. The van der Waals surface area contributed by atoms with E-state index in [0.717, 1.165) is 24.8 Å². The molecule has 4 nitrogen and oxygen atoms in total. The normalized spacial score (nSPS) is 14.9. The standard InChI is InChI=1S/C30H58O4P2/c1-4-7-8-9-10-11-12-13-14-15-16-17-18-19-20-24-28-34-35(31,32)36(33,5-2,6-3)29-27-30-25-22-21-23-26-30/h21-23,25-26,33H,4-20,24,27-29H2,1-3H3,(H,31,32). The Hall–Kier alpha value is -0.240. The maximum absolute atomic E-state index is 13.3. The molecule has 0 fully saturated rings. The Kier molecular flexibility index (Phi) is 17.8. The molecule has 0 aliphatic carbocycles. The molecule has 0 heterocycles. The molecule has 6 heteroatoms. The molecule has 212 valence electrons. The van der Waals surface area contributed by atoms with Gasteiger partial charge in [0.1, 0.15) is 0 Å². The van der Waals surface area contributed by atoms with E-state index < -0.39 is 13.8 Å². The third-order valence-electron chi connectivity index (χ3n) is 8.13. The van der Waals surface area contributed by atoms with Crippen LogP contribution >= 0.6 is 13.8 Å². The average Bonchev–Trinajstić information content (AvgIpc) is 2.89. The van der Waals surface area contributed by atoms with Gasteiger partial charge in [-0.3, -0.25) is 0 Å². The van der Waals surface area contributed by atoms with Crippen LogP contribution < -0.4 is 0 Å². The van der Waals surface area contributed by atoms with Gasteiger partial charge in [0.05, 0.1) is 0 Å². The summed E-state index contributed by atoms with van der Waals surface area (Å²) >= 11 is 0. The van der Waals surface area contributed by atoms with E-state index in [1.54, 1.807) is 0 Å². The van der Waals surface area contributed by atoms with Crippen LogP contribution in [-0.2, 0) is 15.5 Å². The van der Waals surface area contributed by atoms with E-state index in [4.69, 9.17) is 4.52 Å². The van der Waals surface area contributed by atoms with E-state index in [0.29, 0.717) is 24.9 Å². The van der Waals surface area contributed by atoms with Crippen LogP contribution in [0.2, 0.25) is 0 Å². The van der Waals surface area contributed by atoms with Crippen LogP contribution in [0.25, 0.3) is 0 Å². The molecule has 0 saturated carbocycles. The number of rotatable bonds is 24. The predicted molar refractivity (Wildman–Crippen MR) is 161 cm³/mol. The fraction of sp³-hybridized carbons (Fsp3) is 0.800. The van der Waals surface area contributed by atoms with E-state index >= 15 is 0 Å². The van der Waals surface area contributed by atoms with Crippen LogP contribution in [0.5, 0.6) is 0 Å². The SMILES string of the molecule is CCCCCCCCCCCCCCCCCCOP(=O)(O)P(O)(CC)(CC)CCc1ccccc1. The quantitative estimate of drug-likeness (QED) is 0.100. The second kappa shape index (κ2) is 18.9. The molecule has 0 aliphatic heterocycles. The van der Waals surface area contributed by atoms with Crippen molar-refractivity contribution in [3.63, 3.8) is 0 Å². The van der Waals surface area contributed by atoms with Crippen molar-refractivity contribution >= 4 is 13.8 Å². The molecule has 36 heavy (non-hydrogen) atoms. The van der Waals surface area contributed by atoms with Crippen LogP contribution in [0.4, 0.5) is 0 Å². The van der Waals surface area contributed by atoms with Gasteiger partial charge in [-0.25, -0.2) is 0 Å². The molecule has 1 atom stereocenters. The molecule has 0 spiro atoms. The molecule has 0 saturated heterocycles. The number of hydrogen-bond acceptors (Lipinski definition) is 3. The van der Waals surface area contributed by atoms with Crippen molar-refractivity contribution in [2.45, 2.75) is 130 Å². The zero-order valence-corrected chi connectivity index (χ0v) is 25.6. The molecule has 0 aromatic heterocycles. The summed E-state index contributed by atoms with van der Waals surface area (Å²) in [7, 11) is -4.09. The second-order valence-electron chi connectivity index (χ2n) is 10.8. The molecule has 2 N–H and O–H groups in total. The Labute approximate surface area is 223 Å². The fourth-order valence-electron chi connectivity index (χ4n) is 5.04. The summed E-state index contributed by atoms with van der Waals surface area (Å²) in [5.74, 6) is 0. The Morgan fingerprint density at radius 1 is 0.694 bits per heavy atom. The monoisotopic (exact) mass is 544 g/mol. The molecule has 0 bridgehead atoms. The van der Waals surface area contributed by atoms with Crippen LogP contribution in [-0.4, -0.2) is 34.9 Å². The van der Waals surface area contributed by atoms with Gasteiger partial charge in [-0.15, -0.1) is 0 Å². The van der Waals surface area contributed by atoms with Gasteiger partial charge in [0.2, 0.25) is 0 Å². The number of aryl methyl sites for hydroxylation is 1. The summed E-state index contributed by atoms with van der Waals surface area (Å²) in [5, 5.41) is 0. The van der Waals surface area contributed by atoms with Crippen LogP contribution in [0.3, 0.4) is 0 Å². The summed E-state index contributed by atoms with van der Waals surface area (Å²) in [6, 6.07) is 9.90. The van der Waals surface area contributed by atoms with Gasteiger partial charge in [-0.1, -0.05) is 51.9 Å². The van der Waals surface area contributed by atoms with Crippen molar-refractivity contribution in [1.29, 1.82) is 0 Å². The summed E-state index contributed by atoms with van der Waals surface area (Å²) in [6.07, 6.45) is 22.3. The first-order valence-corrected chi connectivity index (χ1v) is 20.1. The van der Waals surface area contributed by atoms with Gasteiger partial charge < -0.3 is 0 Å². The summed E-state index contributed by atoms with van der Waals surface area (Å²) in [6.45, 7) is 2.34. The Morgan fingerprint density at radius 2 is 1.11 bits per heavy atom. The Morgan fingerprint density at radius 3 is 1.53 bits per heavy atom. The summed E-state index contributed by atoms with van der Waals surface area (Å²) in [4.78, 5) is 22.6. The molecular formula is C30H58O4P2. The molecule has 1 unspecified atom stereocenters. The van der Waals surface area contributed by atoms with E-state index in [1.165, 1.54) is 83.5 Å². The van der Waals surface area contributed by atoms with Gasteiger partial charge >= 0.3 is 172 Å². The first-order chi connectivity index (χ1) is 17.3. The summed E-state index contributed by atoms with van der Waals surface area (Å²) in [5.41, 5.74) is 1.08. The first-order valence-electron chi connectivity index (χ1n) is 15.1. The van der Waals surface area contributed by atoms with Crippen molar-refractivity contribution in [1.82, 2.24) is 0 Å². The molecular weight excluding hydrogens is 486 g/mol. The molecule has 0 radical (unpaired) electrons. The molecule has 1 aromatic rings. The third-order valence-corrected chi connectivity index (χ3v) is 20.7. The van der Waals surface area contributed by atoms with E-state index in [1.807, 2.05) is 44.2 Å². The van der Waals surface area contributed by atoms with Gasteiger partial charge in [0.15, 0.2) is 0 Å². The minimum atomic E-state index is -4.09. The van der Waals surface area contributed by atoms with E-state index in [-0.39, 0.29) is 6.61 Å². The number of benzene rings is 1. The summed E-state index contributed by atoms with van der Waals surface area (Å²) < 4.78 is 18.9. The van der Waals surface area contributed by atoms with E-state index in [2.05, 4.69) is 6.92 Å². The van der Waals surface area contributed by atoms with Crippen molar-refractivity contribution in [3.05, 3.63) is 35.9 Å². The number of unbranched alkanes of at least 4 members (excludes halogenated alkanes) is 15. The van der Waals surface area contributed by atoms with Crippen LogP contribution in [0.1, 0.15) is 129 Å². The number of hydrogen-bond donors (Lipinski definition) is 2. The van der Waals surface area contributed by atoms with Crippen molar-refractivity contribution in [2.75, 3.05) is 25.1 Å². The molecule has 0 amide bonds. The van der Waals surface area contributed by atoms with Gasteiger partial charge in [-0.05, 0) is 0 Å². The maximum atomic E-state index is 13.3. The second-order valence-corrected chi connectivity index (χ2v) is 21.6. The van der Waals surface area contributed by atoms with Gasteiger partial charge in [0.25, 0.3) is 0 Å². The molecule has 1 rings (SSSR count). The molecule has 1 aromatic carbocycles. The zero-order valence-electron chi connectivity index (χ0n) is 23.8. The van der Waals surface area contributed by atoms with Gasteiger partial charge in [-0.2, -0.15) is 0 Å². The Bertz CT molecular complexity index is 706. The average molecular weight is 545 g/mol. The topological polar surface area (TPSA) is 66.8 Å². The first kappa shape index (κ1) is 33.8. The third kappa shape index (κ3) is 12.1. The molecule has 0 aliphatic rings.